The zero-order chi connectivity index (χ0) is 50.4. The number of amides is 2. The van der Waals surface area contributed by atoms with Gasteiger partial charge in [0, 0.05) is 82.2 Å². The molecule has 2 amide bonds. The number of methoxy groups -OCH3 is 1. The number of ether oxygens (including phenoxy) is 2. The van der Waals surface area contributed by atoms with Crippen molar-refractivity contribution in [2.75, 3.05) is 68.7 Å². The molecule has 3 N–H and O–H groups in total. The lowest BCUT2D eigenvalue weighted by atomic mass is 9.59. The summed E-state index contributed by atoms with van der Waals surface area (Å²) in [6, 6.07) is 16.8. The summed E-state index contributed by atoms with van der Waals surface area (Å²) in [5, 5.41) is 26.8. The molecule has 0 radical (unpaired) electrons. The second-order valence-corrected chi connectivity index (χ2v) is 22.6. The highest BCUT2D eigenvalue weighted by molar-refractivity contribution is 7.90. The third-order valence-electron chi connectivity index (χ3n) is 15.7. The average Bonchev–Trinajstić information content (AvgIpc) is 3.70. The topological polar surface area (TPSA) is 193 Å². The molecule has 3 aliphatic carbocycles. The number of rotatable bonds is 14. The Hall–Kier alpha value is -5.82. The maximum absolute atomic E-state index is 14.9. The van der Waals surface area contributed by atoms with Crippen LogP contribution in [0.1, 0.15) is 124 Å². The van der Waals surface area contributed by atoms with E-state index in [1.165, 1.54) is 49.6 Å². The fourth-order valence-electron chi connectivity index (χ4n) is 11.4. The van der Waals surface area contributed by atoms with E-state index in [9.17, 15) is 32.7 Å². The molecule has 18 heteroatoms. The van der Waals surface area contributed by atoms with E-state index in [2.05, 4.69) is 67.9 Å². The molecule has 2 aromatic heterocycles. The zero-order valence-electron chi connectivity index (χ0n) is 41.5. The van der Waals surface area contributed by atoms with Crippen LogP contribution in [0, 0.1) is 16.5 Å². The van der Waals surface area contributed by atoms with E-state index in [0.29, 0.717) is 55.2 Å². The first kappa shape index (κ1) is 50.1. The number of anilines is 3. The first-order valence-corrected chi connectivity index (χ1v) is 26.4. The van der Waals surface area contributed by atoms with Gasteiger partial charge in [-0.3, -0.25) is 14.5 Å². The average molecular weight is 994 g/mol. The van der Waals surface area contributed by atoms with Gasteiger partial charge in [0.15, 0.2) is 5.75 Å². The van der Waals surface area contributed by atoms with Gasteiger partial charge in [0.05, 0.1) is 35.7 Å². The minimum atomic E-state index is -4.60. The number of piperazine rings is 1. The predicted molar refractivity (Wildman–Crippen MR) is 271 cm³/mol. The first-order chi connectivity index (χ1) is 33.8. The van der Waals surface area contributed by atoms with Gasteiger partial charge in [-0.25, -0.2) is 27.5 Å². The highest BCUT2D eigenvalue weighted by atomic mass is 32.2. The van der Waals surface area contributed by atoms with Gasteiger partial charge in [-0.2, -0.15) is 0 Å². The van der Waals surface area contributed by atoms with Gasteiger partial charge in [-0.15, -0.1) is 0 Å². The van der Waals surface area contributed by atoms with Gasteiger partial charge in [0.1, 0.15) is 22.3 Å². The highest BCUT2D eigenvalue weighted by Crippen LogP contribution is 2.53. The number of nitrogens with one attached hydrogen (secondary N) is 2. The summed E-state index contributed by atoms with van der Waals surface area (Å²) in [6.45, 7) is 12.1. The van der Waals surface area contributed by atoms with Crippen molar-refractivity contribution in [1.82, 2.24) is 24.5 Å². The van der Waals surface area contributed by atoms with Gasteiger partial charge in [-0.1, -0.05) is 38.1 Å². The van der Waals surface area contributed by atoms with Crippen molar-refractivity contribution in [3.63, 3.8) is 0 Å². The Kier molecular flexibility index (Phi) is 14.1. The third kappa shape index (κ3) is 10.6. The van der Waals surface area contributed by atoms with Crippen LogP contribution in [0.25, 0.3) is 5.83 Å². The Morgan fingerprint density at radius 3 is 2.44 bits per heavy atom. The van der Waals surface area contributed by atoms with Crippen LogP contribution in [0.15, 0.2) is 71.8 Å². The number of aromatic nitrogens is 2. The highest BCUT2D eigenvalue weighted by Gasteiger charge is 2.50. The molecule has 2 aliphatic heterocycles. The molecular weight excluding hydrogens is 928 g/mol. The molecule has 4 aromatic rings. The van der Waals surface area contributed by atoms with Gasteiger partial charge in [-0.05, 0) is 124 Å². The molecule has 16 nitrogen and oxygen atoms in total. The van der Waals surface area contributed by atoms with Crippen molar-refractivity contribution < 1.29 is 37.0 Å². The Morgan fingerprint density at radius 1 is 1.01 bits per heavy atom. The van der Waals surface area contributed by atoms with Crippen LogP contribution >= 0.6 is 0 Å². The van der Waals surface area contributed by atoms with Gasteiger partial charge in [0.2, 0.25) is 5.91 Å². The summed E-state index contributed by atoms with van der Waals surface area (Å²) < 4.78 is 56.9. The molecule has 2 saturated heterocycles. The smallest absolute Gasteiger partial charge is 0.268 e. The number of aliphatic hydroxyl groups is 1. The normalized spacial score (nSPS) is 22.4. The molecule has 4 heterocycles. The van der Waals surface area contributed by atoms with Gasteiger partial charge >= 0.3 is 0 Å². The minimum absolute atomic E-state index is 0.000863. The molecular formula is C53H66FN8O8S-. The number of carbonyl (C=O) groups excluding carboxylic acids is 2. The van der Waals surface area contributed by atoms with E-state index in [4.69, 9.17) is 9.47 Å². The fraction of sp³-hybridized carbons (Fsp3) is 0.509. The number of benzene rings is 2. The van der Waals surface area contributed by atoms with Crippen LogP contribution in [0.5, 0.6) is 17.4 Å². The third-order valence-corrected chi connectivity index (χ3v) is 17.0. The van der Waals surface area contributed by atoms with Crippen LogP contribution in [-0.4, -0.2) is 110 Å². The first-order valence-electron chi connectivity index (χ1n) is 24.9. The Morgan fingerprint density at radius 2 is 1.75 bits per heavy atom. The van der Waals surface area contributed by atoms with Crippen LogP contribution in [-0.2, 0) is 21.2 Å². The summed E-state index contributed by atoms with van der Waals surface area (Å²) in [4.78, 5) is 42.0. The second kappa shape index (κ2) is 20.0. The van der Waals surface area contributed by atoms with Crippen molar-refractivity contribution in [2.24, 2.45) is 11.3 Å². The Labute approximate surface area is 416 Å². The van der Waals surface area contributed by atoms with Gasteiger partial charge < -0.3 is 40.0 Å². The quantitative estimate of drug-likeness (QED) is 0.102. The predicted octanol–water partition coefficient (Wildman–Crippen LogP) is 8.33. The minimum Gasteiger partial charge on any atom is -0.758 e. The second-order valence-electron chi connectivity index (χ2n) is 20.9. The number of halogens is 1. The molecule has 4 fully saturated rings. The number of hydrogen-bond acceptors (Lipinski definition) is 14. The lowest BCUT2D eigenvalue weighted by Crippen LogP contribution is -2.60. The van der Waals surface area contributed by atoms with E-state index >= 15 is 0 Å². The number of fused-ring (bicyclic) bond motifs is 1. The van der Waals surface area contributed by atoms with Crippen molar-refractivity contribution in [3.05, 3.63) is 100 Å². The summed E-state index contributed by atoms with van der Waals surface area (Å²) in [6.07, 6.45) is 9.68. The SMILES string of the molecule is COc1nc2c(cc1Oc1cc(N3CCC4(CC3)CC(N3CCN(C(C)=O)C[C@H]3c3ccccc3C(C)C)C4)ccc1C(=O)NS(=O)(=O)c1cnc(NCC3CCC(C)(O)CC3)c(N(C)[O-])c1)C(F)=CC2. The largest absolute Gasteiger partial charge is 0.758 e. The fourth-order valence-corrected chi connectivity index (χ4v) is 12.3. The van der Waals surface area contributed by atoms with Crippen LogP contribution in [0.4, 0.5) is 21.6 Å². The number of piperidine rings is 1. The molecule has 9 rings (SSSR count). The summed E-state index contributed by atoms with van der Waals surface area (Å²) in [5.74, 6) is -0.470. The number of pyridine rings is 2. The Balaban J connectivity index is 0.928. The summed E-state index contributed by atoms with van der Waals surface area (Å²) in [5.41, 5.74) is 3.40. The Bertz CT molecular complexity index is 2800. The van der Waals surface area contributed by atoms with Crippen molar-refractivity contribution in [3.8, 4) is 17.4 Å². The van der Waals surface area contributed by atoms with E-state index in [1.54, 1.807) is 19.1 Å². The zero-order valence-corrected chi connectivity index (χ0v) is 42.4. The van der Waals surface area contributed by atoms with E-state index < -0.39 is 32.3 Å². The molecule has 5 aliphatic rings. The molecule has 380 valence electrons. The van der Waals surface area contributed by atoms with E-state index in [-0.39, 0.29) is 69.7 Å². The van der Waals surface area contributed by atoms with Crippen LogP contribution in [0.2, 0.25) is 0 Å². The number of sulfonamides is 1. The molecule has 2 saturated carbocycles. The van der Waals surface area contributed by atoms with Crippen LogP contribution in [0.3, 0.4) is 0 Å². The number of allylic oxidation sites excluding steroid dienone is 1. The summed E-state index contributed by atoms with van der Waals surface area (Å²) in [7, 11) is -1.95. The molecule has 1 spiro atoms. The van der Waals surface area contributed by atoms with E-state index in [0.717, 1.165) is 70.0 Å². The maximum atomic E-state index is 14.9. The standard InChI is InChI=1S/C53H66FN8O8S/c1-33(2)39-9-7-8-10-40(39)46-32-61(34(3)63)23-24-62(46)37-28-53(29-37)19-21-60(22-20-53)36-11-12-41(47(25-36)70-48-27-42-43(54)13-14-44(42)57-51(48)69-6)50(64)58-71(67,68)38-26-45(59(5)66)49(56-31-38)55-30-35-15-17-52(4,65)18-16-35/h7-13,25-27,31,33,35,37,46,65H,14-24,28-30,32H2,1-6H3,(H,55,56)(H,58,64)/q-1/t35?,46-,52?/m0/s1. The molecule has 1 atom stereocenters. The monoisotopic (exact) mass is 993 g/mol. The maximum Gasteiger partial charge on any atom is 0.268 e. The van der Waals surface area contributed by atoms with Crippen molar-refractivity contribution in [2.45, 2.75) is 114 Å². The number of hydrogen-bond donors (Lipinski definition) is 3. The number of carbonyl (C=O) groups is 2. The number of nitrogens with zero attached hydrogens (tertiary/aromatic N) is 6. The molecule has 2 aromatic carbocycles. The molecule has 0 unspecified atom stereocenters. The van der Waals surface area contributed by atoms with Crippen molar-refractivity contribution >= 4 is 44.9 Å². The molecule has 71 heavy (non-hydrogen) atoms. The number of hydroxylamine groups is 1. The lowest BCUT2D eigenvalue weighted by molar-refractivity contribution is -0.134. The summed E-state index contributed by atoms with van der Waals surface area (Å²) >= 11 is 0. The molecule has 0 bridgehead atoms. The van der Waals surface area contributed by atoms with E-state index in [1.807, 2.05) is 11.8 Å². The van der Waals surface area contributed by atoms with Gasteiger partial charge in [0.25, 0.3) is 21.8 Å². The lowest BCUT2D eigenvalue weighted by Gasteiger charge is -2.58. The van der Waals surface area contributed by atoms with Crippen LogP contribution < -0.4 is 29.5 Å². The van der Waals surface area contributed by atoms with Crippen molar-refractivity contribution in [1.29, 1.82) is 0 Å².